The summed E-state index contributed by atoms with van der Waals surface area (Å²) in [6, 6.07) is 6.22. The van der Waals surface area contributed by atoms with Gasteiger partial charge in [0.15, 0.2) is 0 Å². The summed E-state index contributed by atoms with van der Waals surface area (Å²) in [7, 11) is 0. The standard InChI is InChI=1S/C13H15IN2/c1-8-5-6-10-11(15-8)7-9(2)16-12(10)13(3,4)14/h5-7H,1-4H3. The first-order chi connectivity index (χ1) is 7.38. The van der Waals surface area contributed by atoms with E-state index >= 15 is 0 Å². The van der Waals surface area contributed by atoms with E-state index in [1.165, 1.54) is 0 Å². The van der Waals surface area contributed by atoms with Crippen molar-refractivity contribution in [1.82, 2.24) is 9.97 Å². The van der Waals surface area contributed by atoms with Gasteiger partial charge >= 0.3 is 0 Å². The molecule has 2 aromatic heterocycles. The van der Waals surface area contributed by atoms with Crippen LogP contribution in [0.5, 0.6) is 0 Å². The lowest BCUT2D eigenvalue weighted by atomic mass is 10.0. The molecule has 0 saturated heterocycles. The molecule has 0 aliphatic heterocycles. The smallest absolute Gasteiger partial charge is 0.0742 e. The lowest BCUT2D eigenvalue weighted by Gasteiger charge is -2.18. The Labute approximate surface area is 110 Å². The topological polar surface area (TPSA) is 25.8 Å². The van der Waals surface area contributed by atoms with Gasteiger partial charge in [0.2, 0.25) is 0 Å². The summed E-state index contributed by atoms with van der Waals surface area (Å²) >= 11 is 2.43. The van der Waals surface area contributed by atoms with Crippen molar-refractivity contribution in [3.05, 3.63) is 35.3 Å². The van der Waals surface area contributed by atoms with Crippen LogP contribution in [0.2, 0.25) is 0 Å². The Morgan fingerprint density at radius 2 is 1.75 bits per heavy atom. The van der Waals surface area contributed by atoms with Gasteiger partial charge in [-0.2, -0.15) is 0 Å². The van der Waals surface area contributed by atoms with Crippen LogP contribution in [0, 0.1) is 13.8 Å². The van der Waals surface area contributed by atoms with Crippen LogP contribution in [-0.2, 0) is 3.42 Å². The van der Waals surface area contributed by atoms with Gasteiger partial charge in [-0.15, -0.1) is 0 Å². The highest BCUT2D eigenvalue weighted by Crippen LogP contribution is 2.34. The molecular formula is C13H15IN2. The summed E-state index contributed by atoms with van der Waals surface area (Å²) in [5.41, 5.74) is 4.25. The summed E-state index contributed by atoms with van der Waals surface area (Å²) < 4.78 is 0.0268. The quantitative estimate of drug-likeness (QED) is 0.586. The molecule has 0 radical (unpaired) electrons. The molecule has 0 spiro atoms. The van der Waals surface area contributed by atoms with E-state index in [0.29, 0.717) is 0 Å². The minimum Gasteiger partial charge on any atom is -0.256 e. The molecule has 2 aromatic rings. The summed E-state index contributed by atoms with van der Waals surface area (Å²) in [4.78, 5) is 9.22. The van der Waals surface area contributed by atoms with Crippen molar-refractivity contribution in [1.29, 1.82) is 0 Å². The number of hydrogen-bond donors (Lipinski definition) is 0. The maximum absolute atomic E-state index is 4.65. The van der Waals surface area contributed by atoms with E-state index in [0.717, 1.165) is 28.0 Å². The Morgan fingerprint density at radius 3 is 2.38 bits per heavy atom. The van der Waals surface area contributed by atoms with Gasteiger partial charge in [-0.1, -0.05) is 22.6 Å². The summed E-state index contributed by atoms with van der Waals surface area (Å²) in [6.45, 7) is 8.39. The molecule has 2 nitrogen and oxygen atoms in total. The Hall–Kier alpha value is -0.710. The van der Waals surface area contributed by atoms with Gasteiger partial charge in [0.1, 0.15) is 0 Å². The van der Waals surface area contributed by atoms with Crippen LogP contribution in [0.3, 0.4) is 0 Å². The van der Waals surface area contributed by atoms with Crippen molar-refractivity contribution in [3.8, 4) is 0 Å². The van der Waals surface area contributed by atoms with Crippen LogP contribution in [-0.4, -0.2) is 9.97 Å². The van der Waals surface area contributed by atoms with Gasteiger partial charge in [0, 0.05) is 16.8 Å². The normalized spacial score (nSPS) is 12.1. The van der Waals surface area contributed by atoms with Crippen LogP contribution in [0.4, 0.5) is 0 Å². The molecule has 2 rings (SSSR count). The third-order valence-electron chi connectivity index (χ3n) is 2.52. The number of alkyl halides is 1. The highest BCUT2D eigenvalue weighted by molar-refractivity contribution is 14.1. The average molecular weight is 326 g/mol. The molecule has 0 saturated carbocycles. The van der Waals surface area contributed by atoms with Gasteiger partial charge in [-0.3, -0.25) is 9.97 Å². The largest absolute Gasteiger partial charge is 0.256 e. The number of nitrogens with zero attached hydrogens (tertiary/aromatic N) is 2. The van der Waals surface area contributed by atoms with Crippen molar-refractivity contribution in [2.75, 3.05) is 0 Å². The minimum atomic E-state index is 0.0268. The zero-order chi connectivity index (χ0) is 11.9. The molecule has 0 amide bonds. The fourth-order valence-corrected chi connectivity index (χ4v) is 2.22. The van der Waals surface area contributed by atoms with Crippen LogP contribution in [0.25, 0.3) is 10.9 Å². The molecule has 0 fully saturated rings. The Kier molecular flexibility index (Phi) is 2.90. The van der Waals surface area contributed by atoms with Crippen molar-refractivity contribution in [2.45, 2.75) is 31.1 Å². The second-order valence-corrected chi connectivity index (χ2v) is 7.30. The molecule has 0 aliphatic rings. The Morgan fingerprint density at radius 1 is 1.06 bits per heavy atom. The van der Waals surface area contributed by atoms with Gasteiger partial charge in [-0.25, -0.2) is 0 Å². The Bertz CT molecular complexity index is 536. The fraction of sp³-hybridized carbons (Fsp3) is 0.385. The highest BCUT2D eigenvalue weighted by atomic mass is 127. The number of fused-ring (bicyclic) bond motifs is 1. The maximum atomic E-state index is 4.65. The monoisotopic (exact) mass is 326 g/mol. The van der Waals surface area contributed by atoms with Crippen molar-refractivity contribution in [3.63, 3.8) is 0 Å². The van der Waals surface area contributed by atoms with Crippen molar-refractivity contribution in [2.24, 2.45) is 0 Å². The molecule has 16 heavy (non-hydrogen) atoms. The number of halogens is 1. The molecule has 0 atom stereocenters. The molecule has 0 bridgehead atoms. The maximum Gasteiger partial charge on any atom is 0.0742 e. The Balaban J connectivity index is 2.83. The van der Waals surface area contributed by atoms with E-state index in [1.54, 1.807) is 0 Å². The van der Waals surface area contributed by atoms with Crippen LogP contribution < -0.4 is 0 Å². The zero-order valence-corrected chi connectivity index (χ0v) is 12.2. The molecule has 0 N–H and O–H groups in total. The van der Waals surface area contributed by atoms with Crippen molar-refractivity contribution < 1.29 is 0 Å². The van der Waals surface area contributed by atoms with Crippen LogP contribution in [0.15, 0.2) is 18.2 Å². The third-order valence-corrected chi connectivity index (χ3v) is 3.03. The van der Waals surface area contributed by atoms with E-state index in [1.807, 2.05) is 26.0 Å². The van der Waals surface area contributed by atoms with E-state index in [9.17, 15) is 0 Å². The average Bonchev–Trinajstić information content (AvgIpc) is 2.14. The van der Waals surface area contributed by atoms with E-state index < -0.39 is 0 Å². The fourth-order valence-electron chi connectivity index (χ4n) is 1.81. The summed E-state index contributed by atoms with van der Waals surface area (Å²) in [5, 5.41) is 1.16. The summed E-state index contributed by atoms with van der Waals surface area (Å²) in [5.74, 6) is 0. The predicted molar refractivity (Wildman–Crippen MR) is 76.1 cm³/mol. The molecule has 0 unspecified atom stereocenters. The van der Waals surface area contributed by atoms with E-state index in [-0.39, 0.29) is 3.42 Å². The molecule has 2 heterocycles. The molecule has 84 valence electrons. The first-order valence-corrected chi connectivity index (χ1v) is 6.40. The molecule has 3 heteroatoms. The number of aromatic nitrogens is 2. The van der Waals surface area contributed by atoms with E-state index in [2.05, 4.69) is 52.5 Å². The predicted octanol–water partition coefficient (Wildman–Crippen LogP) is 3.92. The first kappa shape index (κ1) is 11.8. The molecule has 0 aliphatic carbocycles. The second-order valence-electron chi connectivity index (χ2n) is 4.60. The van der Waals surface area contributed by atoms with Gasteiger partial charge in [-0.05, 0) is 45.9 Å². The SMILES string of the molecule is Cc1cc2nc(C)ccc2c(C(C)(C)I)n1. The number of rotatable bonds is 1. The van der Waals surface area contributed by atoms with E-state index in [4.69, 9.17) is 0 Å². The van der Waals surface area contributed by atoms with Gasteiger partial charge in [0.05, 0.1) is 14.6 Å². The second kappa shape index (κ2) is 3.95. The first-order valence-electron chi connectivity index (χ1n) is 5.32. The van der Waals surface area contributed by atoms with Crippen molar-refractivity contribution >= 4 is 33.5 Å². The lowest BCUT2D eigenvalue weighted by molar-refractivity contribution is 0.791. The van der Waals surface area contributed by atoms with Gasteiger partial charge < -0.3 is 0 Å². The minimum absolute atomic E-state index is 0.0268. The molecular weight excluding hydrogens is 311 g/mol. The van der Waals surface area contributed by atoms with Crippen LogP contribution in [0.1, 0.15) is 30.9 Å². The van der Waals surface area contributed by atoms with Gasteiger partial charge in [0.25, 0.3) is 0 Å². The third kappa shape index (κ3) is 2.19. The number of hydrogen-bond acceptors (Lipinski definition) is 2. The zero-order valence-electron chi connectivity index (χ0n) is 10.0. The summed E-state index contributed by atoms with van der Waals surface area (Å²) in [6.07, 6.45) is 0. The van der Waals surface area contributed by atoms with Crippen LogP contribution >= 0.6 is 22.6 Å². The lowest BCUT2D eigenvalue weighted by Crippen LogP contribution is -2.11. The highest BCUT2D eigenvalue weighted by Gasteiger charge is 2.21. The number of pyridine rings is 2. The number of aryl methyl sites for hydroxylation is 2. The molecule has 0 aromatic carbocycles.